The summed E-state index contributed by atoms with van der Waals surface area (Å²) in [7, 11) is 0. The summed E-state index contributed by atoms with van der Waals surface area (Å²) in [6.45, 7) is 12.1. The first-order chi connectivity index (χ1) is 12.9. The maximum atomic E-state index is 13.3. The van der Waals surface area contributed by atoms with Crippen molar-refractivity contribution in [2.75, 3.05) is 19.6 Å². The van der Waals surface area contributed by atoms with Crippen molar-refractivity contribution < 1.29 is 4.79 Å². The van der Waals surface area contributed by atoms with Gasteiger partial charge in [-0.25, -0.2) is 4.98 Å². The fraction of sp³-hybridized carbons (Fsp3) is 0.545. The second-order valence-corrected chi connectivity index (χ2v) is 8.68. The molecule has 1 atom stereocenters. The minimum absolute atomic E-state index is 0.0683. The first-order valence-electron chi connectivity index (χ1n) is 10.0. The Morgan fingerprint density at radius 1 is 1.15 bits per heavy atom. The Morgan fingerprint density at radius 2 is 1.89 bits per heavy atom. The van der Waals surface area contributed by atoms with E-state index in [-0.39, 0.29) is 11.4 Å². The van der Waals surface area contributed by atoms with E-state index in [1.165, 1.54) is 5.69 Å². The third kappa shape index (κ3) is 3.29. The van der Waals surface area contributed by atoms with Crippen LogP contribution < -0.4 is 0 Å². The number of amides is 1. The zero-order chi connectivity index (χ0) is 19.2. The second kappa shape index (κ2) is 6.79. The summed E-state index contributed by atoms with van der Waals surface area (Å²) in [6, 6.07) is 6.63. The number of carbonyl (C=O) groups excluding carboxylic acids is 1. The largest absolute Gasteiger partial charge is 0.336 e. The van der Waals surface area contributed by atoms with Gasteiger partial charge in [-0.2, -0.15) is 0 Å². The van der Waals surface area contributed by atoms with Crippen molar-refractivity contribution in [1.29, 1.82) is 0 Å². The molecule has 0 radical (unpaired) electrons. The van der Waals surface area contributed by atoms with Crippen LogP contribution in [0.4, 0.5) is 0 Å². The van der Waals surface area contributed by atoms with Gasteiger partial charge in [0.25, 0.3) is 5.91 Å². The van der Waals surface area contributed by atoms with Gasteiger partial charge in [-0.1, -0.05) is 17.2 Å². The number of likely N-dealkylation sites (tertiary alicyclic amines) is 1. The van der Waals surface area contributed by atoms with Crippen LogP contribution in [0.5, 0.6) is 0 Å². The zero-order valence-corrected chi connectivity index (χ0v) is 16.9. The molecule has 3 heterocycles. The Balaban J connectivity index is 1.65. The third-order valence-corrected chi connectivity index (χ3v) is 6.13. The van der Waals surface area contributed by atoms with Gasteiger partial charge in [0.1, 0.15) is 0 Å². The summed E-state index contributed by atoms with van der Waals surface area (Å²) in [4.78, 5) is 22.3. The van der Waals surface area contributed by atoms with Crippen molar-refractivity contribution in [1.82, 2.24) is 19.4 Å². The van der Waals surface area contributed by atoms with Gasteiger partial charge >= 0.3 is 0 Å². The molecular weight excluding hydrogens is 336 g/mol. The Bertz CT molecular complexity index is 835. The van der Waals surface area contributed by atoms with E-state index < -0.39 is 0 Å². The highest BCUT2D eigenvalue weighted by Gasteiger charge is 2.44. The van der Waals surface area contributed by atoms with Crippen molar-refractivity contribution in [2.45, 2.75) is 58.7 Å². The van der Waals surface area contributed by atoms with E-state index in [0.29, 0.717) is 6.04 Å². The monoisotopic (exact) mass is 366 g/mol. The number of fused-ring (bicyclic) bond motifs is 2. The van der Waals surface area contributed by atoms with Crippen LogP contribution in [0, 0.1) is 13.8 Å². The molecule has 2 aromatic rings. The van der Waals surface area contributed by atoms with E-state index in [4.69, 9.17) is 0 Å². The first-order valence-corrected chi connectivity index (χ1v) is 10.0. The maximum Gasteiger partial charge on any atom is 0.253 e. The lowest BCUT2D eigenvalue weighted by molar-refractivity contribution is 0.0177. The number of imidazole rings is 1. The van der Waals surface area contributed by atoms with Gasteiger partial charge in [0, 0.05) is 44.0 Å². The van der Waals surface area contributed by atoms with Crippen LogP contribution in [-0.2, 0) is 12.1 Å². The highest BCUT2D eigenvalue weighted by Crippen LogP contribution is 2.36. The molecule has 0 saturated carbocycles. The van der Waals surface area contributed by atoms with E-state index in [1.54, 1.807) is 0 Å². The minimum atomic E-state index is -0.0683. The number of benzene rings is 1. The molecule has 1 fully saturated rings. The van der Waals surface area contributed by atoms with E-state index in [0.717, 1.165) is 55.7 Å². The molecule has 0 bridgehead atoms. The summed E-state index contributed by atoms with van der Waals surface area (Å²) in [5, 5.41) is 0. The first kappa shape index (κ1) is 18.2. The smallest absolute Gasteiger partial charge is 0.253 e. The van der Waals surface area contributed by atoms with Crippen molar-refractivity contribution in [3.8, 4) is 0 Å². The SMILES string of the molecule is Cc1cc(C)cc(C(=O)N2CCCC3(C2)CN(C(C)C)Cc2cncn23)c1. The van der Waals surface area contributed by atoms with Crippen LogP contribution in [0.25, 0.3) is 0 Å². The molecule has 1 unspecified atom stereocenters. The number of nitrogens with zero attached hydrogens (tertiary/aromatic N) is 4. The molecule has 5 nitrogen and oxygen atoms in total. The molecule has 2 aliphatic rings. The van der Waals surface area contributed by atoms with E-state index >= 15 is 0 Å². The predicted molar refractivity (Wildman–Crippen MR) is 107 cm³/mol. The molecule has 2 aliphatic heterocycles. The molecule has 1 saturated heterocycles. The molecule has 4 rings (SSSR count). The number of rotatable bonds is 2. The molecule has 1 aromatic heterocycles. The average Bonchev–Trinajstić information content (AvgIpc) is 3.10. The van der Waals surface area contributed by atoms with Crippen LogP contribution in [0.2, 0.25) is 0 Å². The summed E-state index contributed by atoms with van der Waals surface area (Å²) in [5.41, 5.74) is 4.29. The van der Waals surface area contributed by atoms with Gasteiger partial charge in [0.2, 0.25) is 0 Å². The summed E-state index contributed by atoms with van der Waals surface area (Å²) in [5.74, 6) is 0.157. The van der Waals surface area contributed by atoms with Crippen LogP contribution >= 0.6 is 0 Å². The Morgan fingerprint density at radius 3 is 2.59 bits per heavy atom. The molecular formula is C22H30N4O. The summed E-state index contributed by atoms with van der Waals surface area (Å²) in [6.07, 6.45) is 6.08. The molecule has 1 spiro atoms. The number of hydrogen-bond acceptors (Lipinski definition) is 3. The number of aryl methyl sites for hydroxylation is 2. The van der Waals surface area contributed by atoms with Crippen molar-refractivity contribution >= 4 is 5.91 Å². The molecule has 27 heavy (non-hydrogen) atoms. The van der Waals surface area contributed by atoms with Crippen LogP contribution in [0.3, 0.4) is 0 Å². The number of piperidine rings is 1. The second-order valence-electron chi connectivity index (χ2n) is 8.68. The Kier molecular flexibility index (Phi) is 4.58. The normalized spacial score (nSPS) is 23.1. The molecule has 0 aliphatic carbocycles. The molecule has 5 heteroatoms. The Hall–Kier alpha value is -2.14. The van der Waals surface area contributed by atoms with Gasteiger partial charge in [-0.3, -0.25) is 9.69 Å². The van der Waals surface area contributed by atoms with E-state index in [9.17, 15) is 4.79 Å². The maximum absolute atomic E-state index is 13.3. The van der Waals surface area contributed by atoms with Crippen LogP contribution in [-0.4, -0.2) is 50.9 Å². The van der Waals surface area contributed by atoms with Gasteiger partial charge < -0.3 is 9.47 Å². The third-order valence-electron chi connectivity index (χ3n) is 6.13. The Labute approximate surface area is 162 Å². The van der Waals surface area contributed by atoms with Crippen molar-refractivity contribution in [3.63, 3.8) is 0 Å². The number of carbonyl (C=O) groups is 1. The summed E-state index contributed by atoms with van der Waals surface area (Å²) < 4.78 is 2.35. The molecule has 144 valence electrons. The van der Waals surface area contributed by atoms with E-state index in [2.05, 4.69) is 53.1 Å². The molecule has 0 N–H and O–H groups in total. The predicted octanol–water partition coefficient (Wildman–Crippen LogP) is 3.36. The molecule has 1 aromatic carbocycles. The average molecular weight is 367 g/mol. The zero-order valence-electron chi connectivity index (χ0n) is 16.9. The van der Waals surface area contributed by atoms with Crippen molar-refractivity contribution in [2.24, 2.45) is 0 Å². The lowest BCUT2D eigenvalue weighted by Gasteiger charge is -2.50. The highest BCUT2D eigenvalue weighted by molar-refractivity contribution is 5.94. The van der Waals surface area contributed by atoms with Crippen LogP contribution in [0.1, 0.15) is 53.9 Å². The molecule has 1 amide bonds. The minimum Gasteiger partial charge on any atom is -0.336 e. The van der Waals surface area contributed by atoms with Gasteiger partial charge in [-0.05, 0) is 52.7 Å². The van der Waals surface area contributed by atoms with Gasteiger partial charge in [0.15, 0.2) is 0 Å². The fourth-order valence-corrected chi connectivity index (χ4v) is 4.84. The highest BCUT2D eigenvalue weighted by atomic mass is 16.2. The topological polar surface area (TPSA) is 41.4 Å². The number of aromatic nitrogens is 2. The number of hydrogen-bond donors (Lipinski definition) is 0. The van der Waals surface area contributed by atoms with Crippen LogP contribution in [0.15, 0.2) is 30.7 Å². The van der Waals surface area contributed by atoms with Crippen molar-refractivity contribution in [3.05, 3.63) is 53.1 Å². The quantitative estimate of drug-likeness (QED) is 0.818. The van der Waals surface area contributed by atoms with Gasteiger partial charge in [-0.15, -0.1) is 0 Å². The lowest BCUT2D eigenvalue weighted by atomic mass is 9.85. The van der Waals surface area contributed by atoms with Gasteiger partial charge in [0.05, 0.1) is 17.6 Å². The standard InChI is InChI=1S/C22H30N4O/c1-16(2)25-12-20-11-23-15-26(20)22(14-25)6-5-7-24(13-22)21(27)19-9-17(3)8-18(4)10-19/h8-11,15-16H,5-7,12-14H2,1-4H3. The van der Waals surface area contributed by atoms with E-state index in [1.807, 2.05) is 24.7 Å². The summed E-state index contributed by atoms with van der Waals surface area (Å²) >= 11 is 0. The fourth-order valence-electron chi connectivity index (χ4n) is 4.84. The lowest BCUT2D eigenvalue weighted by Crippen LogP contribution is -2.60.